The van der Waals surface area contributed by atoms with E-state index < -0.39 is 0 Å². The van der Waals surface area contributed by atoms with Crippen LogP contribution in [0.5, 0.6) is 0 Å². The molecule has 0 unspecified atom stereocenters. The molecule has 0 aliphatic heterocycles. The lowest BCUT2D eigenvalue weighted by atomic mass is 10.0. The Bertz CT molecular complexity index is 402. The van der Waals surface area contributed by atoms with E-state index in [0.29, 0.717) is 0 Å². The Morgan fingerprint density at radius 1 is 1.25 bits per heavy atom. The molecule has 0 aliphatic carbocycles. The van der Waals surface area contributed by atoms with Crippen LogP contribution in [0, 0.1) is 25.2 Å². The molecular formula is C13H19N3. The van der Waals surface area contributed by atoms with Crippen LogP contribution in [0.15, 0.2) is 12.1 Å². The standard InChI is InChI=1S/C13H19N3/c1-10-7-12(9-14)13(8-11(10)2)15-5-6-16(3)4/h7-8,15H,5-6H2,1-4H3. The summed E-state index contributed by atoms with van der Waals surface area (Å²) in [5.41, 5.74) is 4.04. The highest BCUT2D eigenvalue weighted by Gasteiger charge is 2.04. The lowest BCUT2D eigenvalue weighted by molar-refractivity contribution is 0.425. The van der Waals surface area contributed by atoms with Crippen LogP contribution in [-0.2, 0) is 0 Å². The highest BCUT2D eigenvalue weighted by molar-refractivity contribution is 5.60. The number of likely N-dealkylation sites (N-methyl/N-ethyl adjacent to an activating group) is 1. The number of nitrogens with zero attached hydrogens (tertiary/aromatic N) is 2. The van der Waals surface area contributed by atoms with Crippen molar-refractivity contribution in [3.05, 3.63) is 28.8 Å². The van der Waals surface area contributed by atoms with Crippen LogP contribution >= 0.6 is 0 Å². The van der Waals surface area contributed by atoms with E-state index in [9.17, 15) is 0 Å². The van der Waals surface area contributed by atoms with Crippen molar-refractivity contribution < 1.29 is 0 Å². The van der Waals surface area contributed by atoms with Gasteiger partial charge >= 0.3 is 0 Å². The summed E-state index contributed by atoms with van der Waals surface area (Å²) < 4.78 is 0. The van der Waals surface area contributed by atoms with E-state index >= 15 is 0 Å². The van der Waals surface area contributed by atoms with Gasteiger partial charge in [-0.2, -0.15) is 5.26 Å². The van der Waals surface area contributed by atoms with Gasteiger partial charge in [-0.15, -0.1) is 0 Å². The highest BCUT2D eigenvalue weighted by atomic mass is 15.1. The second-order valence-corrected chi connectivity index (χ2v) is 4.32. The summed E-state index contributed by atoms with van der Waals surface area (Å²) in [5, 5.41) is 12.3. The van der Waals surface area contributed by atoms with Crippen molar-refractivity contribution in [2.24, 2.45) is 0 Å². The number of hydrogen-bond donors (Lipinski definition) is 1. The molecule has 1 rings (SSSR count). The van der Waals surface area contributed by atoms with Gasteiger partial charge in [0.05, 0.1) is 11.3 Å². The number of anilines is 1. The van der Waals surface area contributed by atoms with Gasteiger partial charge < -0.3 is 10.2 Å². The number of nitrogens with one attached hydrogen (secondary N) is 1. The molecule has 0 saturated heterocycles. The fourth-order valence-electron chi connectivity index (χ4n) is 1.47. The third-order valence-corrected chi connectivity index (χ3v) is 2.63. The van der Waals surface area contributed by atoms with Gasteiger partial charge in [0.25, 0.3) is 0 Å². The quantitative estimate of drug-likeness (QED) is 0.840. The summed E-state index contributed by atoms with van der Waals surface area (Å²) >= 11 is 0. The largest absolute Gasteiger partial charge is 0.383 e. The smallest absolute Gasteiger partial charge is 0.101 e. The third kappa shape index (κ3) is 3.25. The Kier molecular flexibility index (Phi) is 4.33. The molecule has 3 nitrogen and oxygen atoms in total. The van der Waals surface area contributed by atoms with Crippen LogP contribution in [-0.4, -0.2) is 32.1 Å². The van der Waals surface area contributed by atoms with Gasteiger partial charge in [-0.25, -0.2) is 0 Å². The van der Waals surface area contributed by atoms with E-state index in [4.69, 9.17) is 5.26 Å². The summed E-state index contributed by atoms with van der Waals surface area (Å²) in [6, 6.07) is 6.21. The topological polar surface area (TPSA) is 39.1 Å². The zero-order valence-corrected chi connectivity index (χ0v) is 10.5. The average molecular weight is 217 g/mol. The monoisotopic (exact) mass is 217 g/mol. The van der Waals surface area contributed by atoms with Gasteiger partial charge in [0.2, 0.25) is 0 Å². The van der Waals surface area contributed by atoms with E-state index in [-0.39, 0.29) is 0 Å². The lowest BCUT2D eigenvalue weighted by Crippen LogP contribution is -2.21. The Balaban J connectivity index is 2.79. The molecule has 0 radical (unpaired) electrons. The minimum absolute atomic E-state index is 0.724. The van der Waals surface area contributed by atoms with Crippen LogP contribution < -0.4 is 5.32 Å². The molecule has 0 fully saturated rings. The normalized spacial score (nSPS) is 10.2. The van der Waals surface area contributed by atoms with Crippen molar-refractivity contribution in [1.29, 1.82) is 5.26 Å². The first kappa shape index (κ1) is 12.5. The summed E-state index contributed by atoms with van der Waals surface area (Å²) in [6.07, 6.45) is 0. The molecule has 0 bridgehead atoms. The third-order valence-electron chi connectivity index (χ3n) is 2.63. The number of benzene rings is 1. The number of nitriles is 1. The molecule has 3 heteroatoms. The Morgan fingerprint density at radius 3 is 2.44 bits per heavy atom. The summed E-state index contributed by atoms with van der Waals surface area (Å²) in [7, 11) is 4.07. The van der Waals surface area contributed by atoms with Gasteiger partial charge in [0.1, 0.15) is 6.07 Å². The van der Waals surface area contributed by atoms with E-state index in [2.05, 4.69) is 23.2 Å². The molecule has 86 valence electrons. The van der Waals surface area contributed by atoms with Crippen LogP contribution in [0.2, 0.25) is 0 Å². The predicted octanol–water partition coefficient (Wildman–Crippen LogP) is 2.15. The SMILES string of the molecule is Cc1cc(C#N)c(NCCN(C)C)cc1C. The van der Waals surface area contributed by atoms with Gasteiger partial charge in [-0.3, -0.25) is 0 Å². The molecule has 0 amide bonds. The molecule has 16 heavy (non-hydrogen) atoms. The zero-order chi connectivity index (χ0) is 12.1. The average Bonchev–Trinajstić information content (AvgIpc) is 2.22. The molecule has 0 spiro atoms. The molecule has 0 aliphatic rings. The van der Waals surface area contributed by atoms with Crippen LogP contribution in [0.4, 0.5) is 5.69 Å². The first-order valence-electron chi connectivity index (χ1n) is 5.44. The van der Waals surface area contributed by atoms with Gasteiger partial charge in [-0.05, 0) is 51.2 Å². The molecular weight excluding hydrogens is 198 g/mol. The van der Waals surface area contributed by atoms with E-state index in [1.165, 1.54) is 5.56 Å². The maximum atomic E-state index is 9.04. The summed E-state index contributed by atoms with van der Waals surface area (Å²) in [6.45, 7) is 5.90. The number of aryl methyl sites for hydroxylation is 2. The van der Waals surface area contributed by atoms with Crippen molar-refractivity contribution in [1.82, 2.24) is 4.90 Å². The lowest BCUT2D eigenvalue weighted by Gasteiger charge is -2.13. The predicted molar refractivity (Wildman–Crippen MR) is 67.7 cm³/mol. The molecule has 1 aromatic carbocycles. The van der Waals surface area contributed by atoms with Crippen LogP contribution in [0.3, 0.4) is 0 Å². The Labute approximate surface area is 97.7 Å². The van der Waals surface area contributed by atoms with Crippen LogP contribution in [0.25, 0.3) is 0 Å². The Morgan fingerprint density at radius 2 is 1.88 bits per heavy atom. The second kappa shape index (κ2) is 5.53. The molecule has 0 saturated carbocycles. The van der Waals surface area contributed by atoms with E-state index in [1.807, 2.05) is 33.2 Å². The maximum absolute atomic E-state index is 9.04. The van der Waals surface area contributed by atoms with Crippen LogP contribution in [0.1, 0.15) is 16.7 Å². The second-order valence-electron chi connectivity index (χ2n) is 4.32. The van der Waals surface area contributed by atoms with E-state index in [0.717, 1.165) is 29.9 Å². The van der Waals surface area contributed by atoms with Crippen molar-refractivity contribution >= 4 is 5.69 Å². The van der Waals surface area contributed by atoms with Gasteiger partial charge in [0.15, 0.2) is 0 Å². The van der Waals surface area contributed by atoms with Crippen molar-refractivity contribution in [3.63, 3.8) is 0 Å². The first-order chi connectivity index (χ1) is 7.54. The maximum Gasteiger partial charge on any atom is 0.101 e. The highest BCUT2D eigenvalue weighted by Crippen LogP contribution is 2.19. The molecule has 0 heterocycles. The molecule has 1 N–H and O–H groups in total. The summed E-state index contributed by atoms with van der Waals surface area (Å²) in [4.78, 5) is 2.11. The number of rotatable bonds is 4. The molecule has 1 aromatic rings. The fourth-order valence-corrected chi connectivity index (χ4v) is 1.47. The van der Waals surface area contributed by atoms with E-state index in [1.54, 1.807) is 0 Å². The fraction of sp³-hybridized carbons (Fsp3) is 0.462. The van der Waals surface area contributed by atoms with Crippen molar-refractivity contribution in [3.8, 4) is 6.07 Å². The Hall–Kier alpha value is -1.53. The van der Waals surface area contributed by atoms with Crippen molar-refractivity contribution in [2.45, 2.75) is 13.8 Å². The molecule has 0 atom stereocenters. The zero-order valence-electron chi connectivity index (χ0n) is 10.5. The first-order valence-corrected chi connectivity index (χ1v) is 5.44. The van der Waals surface area contributed by atoms with Gasteiger partial charge in [0, 0.05) is 13.1 Å². The van der Waals surface area contributed by atoms with Gasteiger partial charge in [-0.1, -0.05) is 0 Å². The molecule has 0 aromatic heterocycles. The minimum Gasteiger partial charge on any atom is -0.383 e. The minimum atomic E-state index is 0.724. The number of hydrogen-bond acceptors (Lipinski definition) is 3. The summed E-state index contributed by atoms with van der Waals surface area (Å²) in [5.74, 6) is 0. The van der Waals surface area contributed by atoms with Crippen molar-refractivity contribution in [2.75, 3.05) is 32.5 Å².